The van der Waals surface area contributed by atoms with E-state index >= 15 is 0 Å². The molecule has 1 aliphatic rings. The molecular weight excluding hydrogens is 501 g/mol. The molecular formula is C24H30IN5O. The summed E-state index contributed by atoms with van der Waals surface area (Å²) in [5.41, 5.74) is 3.12. The summed E-state index contributed by atoms with van der Waals surface area (Å²) in [7, 11) is 4.03. The van der Waals surface area contributed by atoms with Crippen LogP contribution in [0.25, 0.3) is 10.9 Å². The van der Waals surface area contributed by atoms with Gasteiger partial charge in [0.25, 0.3) is 0 Å². The molecule has 0 bridgehead atoms. The second kappa shape index (κ2) is 9.56. The van der Waals surface area contributed by atoms with Gasteiger partial charge in [-0.3, -0.25) is 0 Å². The molecule has 3 aromatic rings. The number of rotatable bonds is 6. The van der Waals surface area contributed by atoms with Crippen molar-refractivity contribution in [2.24, 2.45) is 0 Å². The average molecular weight is 531 g/mol. The number of phenolic OH excluding ortho intramolecular Hbond substituents is 1. The number of para-hydroxylation sites is 1. The minimum absolute atomic E-state index is 0.377. The van der Waals surface area contributed by atoms with E-state index in [1.54, 1.807) is 0 Å². The van der Waals surface area contributed by atoms with Gasteiger partial charge in [0.1, 0.15) is 11.6 Å². The molecule has 0 amide bonds. The van der Waals surface area contributed by atoms with Crippen molar-refractivity contribution in [3.8, 4) is 5.75 Å². The minimum Gasteiger partial charge on any atom is -0.507 e. The van der Waals surface area contributed by atoms with Gasteiger partial charge in [-0.2, -0.15) is 4.98 Å². The van der Waals surface area contributed by atoms with Gasteiger partial charge in [-0.1, -0.05) is 18.2 Å². The van der Waals surface area contributed by atoms with E-state index in [-0.39, 0.29) is 0 Å². The van der Waals surface area contributed by atoms with E-state index in [1.165, 1.54) is 5.56 Å². The summed E-state index contributed by atoms with van der Waals surface area (Å²) in [4.78, 5) is 11.6. The fourth-order valence-electron chi connectivity index (χ4n) is 4.29. The summed E-state index contributed by atoms with van der Waals surface area (Å²) in [6, 6.07) is 13.1. The third-order valence-electron chi connectivity index (χ3n) is 5.93. The van der Waals surface area contributed by atoms with Crippen molar-refractivity contribution in [2.75, 3.05) is 24.3 Å². The Morgan fingerprint density at radius 2 is 1.77 bits per heavy atom. The van der Waals surface area contributed by atoms with Crippen LogP contribution in [0.1, 0.15) is 36.8 Å². The number of aryl methyl sites for hydroxylation is 1. The van der Waals surface area contributed by atoms with Crippen molar-refractivity contribution < 1.29 is 5.11 Å². The standard InChI is InChI=1S/C24H30IN5O/c1-15-12-16(22(31)20(25)13-15)14-26-17-8-10-18(11-9-17)27-24-28-21-7-5-4-6-19(21)23(29-24)30(2)3/h4-7,12-13,17-18,26,31H,8-11,14H2,1-3H3,(H,27,28,29). The van der Waals surface area contributed by atoms with E-state index in [1.807, 2.05) is 43.3 Å². The number of nitrogens with zero attached hydrogens (tertiary/aromatic N) is 3. The van der Waals surface area contributed by atoms with E-state index in [9.17, 15) is 5.11 Å². The van der Waals surface area contributed by atoms with E-state index in [4.69, 9.17) is 9.97 Å². The maximum Gasteiger partial charge on any atom is 0.225 e. The van der Waals surface area contributed by atoms with Gasteiger partial charge in [0.2, 0.25) is 5.95 Å². The second-order valence-electron chi connectivity index (χ2n) is 8.61. The fraction of sp³-hybridized carbons (Fsp3) is 0.417. The number of anilines is 2. The van der Waals surface area contributed by atoms with Crippen LogP contribution in [0.3, 0.4) is 0 Å². The Kier molecular flexibility index (Phi) is 6.81. The van der Waals surface area contributed by atoms with Crippen molar-refractivity contribution in [2.45, 2.75) is 51.2 Å². The maximum atomic E-state index is 10.3. The Morgan fingerprint density at radius 3 is 2.52 bits per heavy atom. The number of phenols is 1. The average Bonchev–Trinajstić information content (AvgIpc) is 2.75. The largest absolute Gasteiger partial charge is 0.507 e. The molecule has 7 heteroatoms. The van der Waals surface area contributed by atoms with E-state index in [0.29, 0.717) is 30.3 Å². The first kappa shape index (κ1) is 22.1. The van der Waals surface area contributed by atoms with Crippen LogP contribution in [-0.2, 0) is 6.54 Å². The molecule has 0 aliphatic heterocycles. The quantitative estimate of drug-likeness (QED) is 0.396. The van der Waals surface area contributed by atoms with Gasteiger partial charge in [-0.15, -0.1) is 0 Å². The summed E-state index contributed by atoms with van der Waals surface area (Å²) >= 11 is 2.19. The summed E-state index contributed by atoms with van der Waals surface area (Å²) in [5.74, 6) is 2.05. The minimum atomic E-state index is 0.377. The van der Waals surface area contributed by atoms with Gasteiger partial charge >= 0.3 is 0 Å². The van der Waals surface area contributed by atoms with Gasteiger partial charge < -0.3 is 20.6 Å². The molecule has 1 heterocycles. The number of aromatic hydroxyl groups is 1. The summed E-state index contributed by atoms with van der Waals surface area (Å²) in [6.45, 7) is 2.77. The molecule has 1 fully saturated rings. The van der Waals surface area contributed by atoms with E-state index in [2.05, 4.69) is 52.3 Å². The van der Waals surface area contributed by atoms with Crippen molar-refractivity contribution in [1.82, 2.24) is 15.3 Å². The number of halogens is 1. The Morgan fingerprint density at radius 1 is 1.06 bits per heavy atom. The number of hydrogen-bond acceptors (Lipinski definition) is 6. The summed E-state index contributed by atoms with van der Waals surface area (Å²) < 4.78 is 0.912. The smallest absolute Gasteiger partial charge is 0.225 e. The zero-order chi connectivity index (χ0) is 22.0. The molecule has 4 rings (SSSR count). The summed E-state index contributed by atoms with van der Waals surface area (Å²) in [5, 5.41) is 18.6. The SMILES string of the molecule is Cc1cc(I)c(O)c(CNC2CCC(Nc3nc(N(C)C)c4ccccc4n3)CC2)c1. The molecule has 0 spiro atoms. The van der Waals surface area contributed by atoms with Crippen LogP contribution in [0.2, 0.25) is 0 Å². The van der Waals surface area contributed by atoms with Crippen LogP contribution < -0.4 is 15.5 Å². The van der Waals surface area contributed by atoms with Gasteiger partial charge in [-0.25, -0.2) is 4.98 Å². The molecule has 0 unspecified atom stereocenters. The summed E-state index contributed by atoms with van der Waals surface area (Å²) in [6.07, 6.45) is 4.33. The highest BCUT2D eigenvalue weighted by Gasteiger charge is 2.22. The van der Waals surface area contributed by atoms with Crippen molar-refractivity contribution >= 4 is 45.3 Å². The van der Waals surface area contributed by atoms with Crippen LogP contribution in [0.5, 0.6) is 5.75 Å². The van der Waals surface area contributed by atoms with Gasteiger partial charge in [0, 0.05) is 43.7 Å². The lowest BCUT2D eigenvalue weighted by atomic mass is 9.91. The van der Waals surface area contributed by atoms with Crippen LogP contribution in [0.4, 0.5) is 11.8 Å². The third kappa shape index (κ3) is 5.20. The molecule has 164 valence electrons. The van der Waals surface area contributed by atoms with Gasteiger partial charge in [0.05, 0.1) is 9.09 Å². The highest BCUT2D eigenvalue weighted by molar-refractivity contribution is 14.1. The molecule has 0 atom stereocenters. The molecule has 6 nitrogen and oxygen atoms in total. The van der Waals surface area contributed by atoms with Crippen LogP contribution >= 0.6 is 22.6 Å². The lowest BCUT2D eigenvalue weighted by molar-refractivity contribution is 0.349. The first-order valence-electron chi connectivity index (χ1n) is 10.8. The number of nitrogens with one attached hydrogen (secondary N) is 2. The topological polar surface area (TPSA) is 73.3 Å². The van der Waals surface area contributed by atoms with Gasteiger partial charge in [0.15, 0.2) is 0 Å². The molecule has 1 saturated carbocycles. The first-order chi connectivity index (χ1) is 14.9. The van der Waals surface area contributed by atoms with E-state index in [0.717, 1.165) is 51.5 Å². The molecule has 1 aromatic heterocycles. The van der Waals surface area contributed by atoms with Crippen molar-refractivity contribution in [3.05, 3.63) is 51.1 Å². The molecule has 2 aromatic carbocycles. The fourth-order valence-corrected chi connectivity index (χ4v) is 5.12. The lowest BCUT2D eigenvalue weighted by Crippen LogP contribution is -2.37. The molecule has 31 heavy (non-hydrogen) atoms. The van der Waals surface area contributed by atoms with Gasteiger partial charge in [-0.05, 0) is 79.0 Å². The molecule has 1 aliphatic carbocycles. The second-order valence-corrected chi connectivity index (χ2v) is 9.77. The lowest BCUT2D eigenvalue weighted by Gasteiger charge is -2.30. The monoisotopic (exact) mass is 531 g/mol. The Balaban J connectivity index is 1.35. The number of fused-ring (bicyclic) bond motifs is 1. The van der Waals surface area contributed by atoms with E-state index < -0.39 is 0 Å². The predicted octanol–water partition coefficient (Wildman–Crippen LogP) is 4.83. The zero-order valence-electron chi connectivity index (χ0n) is 18.3. The first-order valence-corrected chi connectivity index (χ1v) is 11.9. The predicted molar refractivity (Wildman–Crippen MR) is 136 cm³/mol. The Bertz CT molecular complexity index is 1060. The van der Waals surface area contributed by atoms with Crippen LogP contribution in [0, 0.1) is 10.5 Å². The normalized spacial score (nSPS) is 18.8. The number of hydrogen-bond donors (Lipinski definition) is 3. The van der Waals surface area contributed by atoms with Crippen molar-refractivity contribution in [3.63, 3.8) is 0 Å². The highest BCUT2D eigenvalue weighted by atomic mass is 127. The number of aromatic nitrogens is 2. The highest BCUT2D eigenvalue weighted by Crippen LogP contribution is 2.28. The Hall–Kier alpha value is -2.13. The molecule has 3 N–H and O–H groups in total. The maximum absolute atomic E-state index is 10.3. The molecule has 0 saturated heterocycles. The molecule has 0 radical (unpaired) electrons. The van der Waals surface area contributed by atoms with Crippen LogP contribution in [-0.4, -0.2) is 41.3 Å². The number of benzene rings is 2. The van der Waals surface area contributed by atoms with Crippen molar-refractivity contribution in [1.29, 1.82) is 0 Å². The zero-order valence-corrected chi connectivity index (χ0v) is 20.5. The Labute approximate surface area is 197 Å². The third-order valence-corrected chi connectivity index (χ3v) is 6.76. The van der Waals surface area contributed by atoms with Crippen LogP contribution in [0.15, 0.2) is 36.4 Å².